The van der Waals surface area contributed by atoms with Crippen molar-refractivity contribution < 1.29 is 19.0 Å². The van der Waals surface area contributed by atoms with Crippen molar-refractivity contribution in [3.8, 4) is 5.75 Å². The number of hydrogen-bond donors (Lipinski definition) is 5. The molecule has 0 saturated heterocycles. The molecule has 0 spiro atoms. The molecule has 0 aliphatic heterocycles. The molecule has 1 amide bonds. The van der Waals surface area contributed by atoms with E-state index in [-0.39, 0.29) is 5.91 Å². The van der Waals surface area contributed by atoms with Crippen LogP contribution in [0.3, 0.4) is 0 Å². The van der Waals surface area contributed by atoms with Crippen LogP contribution in [0, 0.1) is 0 Å². The molecule has 2 aromatic carbocycles. The predicted octanol–water partition coefficient (Wildman–Crippen LogP) is 2.96. The minimum absolute atomic E-state index is 0.194. The van der Waals surface area contributed by atoms with Crippen LogP contribution in [0.25, 0.3) is 0 Å². The molecule has 0 bridgehead atoms. The van der Waals surface area contributed by atoms with E-state index in [0.29, 0.717) is 81.7 Å². The third kappa shape index (κ3) is 10.8. The summed E-state index contributed by atoms with van der Waals surface area (Å²) < 4.78 is 15.9. The molecule has 0 saturated carbocycles. The molecule has 2 heterocycles. The van der Waals surface area contributed by atoms with Crippen molar-refractivity contribution in [3.63, 3.8) is 0 Å². The van der Waals surface area contributed by atoms with Gasteiger partial charge in [-0.1, -0.05) is 18.2 Å². The number of methoxy groups -OCH3 is 1. The lowest BCUT2D eigenvalue weighted by molar-refractivity contribution is 0.0511. The van der Waals surface area contributed by atoms with Gasteiger partial charge in [0.2, 0.25) is 17.8 Å². The highest BCUT2D eigenvalue weighted by atomic mass is 16.5. The molecule has 2 aromatic heterocycles. The number of benzene rings is 2. The van der Waals surface area contributed by atoms with E-state index in [0.717, 1.165) is 17.0 Å². The predicted molar refractivity (Wildman–Crippen MR) is 164 cm³/mol. The van der Waals surface area contributed by atoms with E-state index < -0.39 is 0 Å². The normalized spacial score (nSPS) is 10.7. The average molecular weight is 588 g/mol. The molecule has 4 rings (SSSR count). The van der Waals surface area contributed by atoms with Crippen LogP contribution in [0.2, 0.25) is 0 Å². The van der Waals surface area contributed by atoms with Gasteiger partial charge in [-0.25, -0.2) is 0 Å². The maximum Gasteiger partial charge on any atom is 0.251 e. The van der Waals surface area contributed by atoms with E-state index >= 15 is 0 Å². The number of rotatable bonds is 18. The van der Waals surface area contributed by atoms with Gasteiger partial charge in [-0.05, 0) is 54.1 Å². The topological polar surface area (TPSA) is 170 Å². The first-order chi connectivity index (χ1) is 21.1. The summed E-state index contributed by atoms with van der Waals surface area (Å²) in [6.07, 6.45) is 1.73. The zero-order valence-corrected chi connectivity index (χ0v) is 24.1. The van der Waals surface area contributed by atoms with Crippen molar-refractivity contribution in [2.75, 3.05) is 62.6 Å². The fraction of sp³-hybridized carbons (Fsp3) is 0.300. The zero-order valence-electron chi connectivity index (χ0n) is 24.1. The Hall–Kier alpha value is -4.85. The van der Waals surface area contributed by atoms with E-state index in [9.17, 15) is 4.79 Å². The van der Waals surface area contributed by atoms with Gasteiger partial charge in [-0.15, -0.1) is 0 Å². The van der Waals surface area contributed by atoms with Crippen molar-refractivity contribution in [3.05, 3.63) is 89.7 Å². The van der Waals surface area contributed by atoms with Gasteiger partial charge in [-0.2, -0.15) is 15.0 Å². The van der Waals surface area contributed by atoms with E-state index in [1.807, 2.05) is 42.5 Å². The summed E-state index contributed by atoms with van der Waals surface area (Å²) in [5.74, 6) is 1.70. The van der Waals surface area contributed by atoms with Gasteiger partial charge < -0.3 is 41.2 Å². The Bertz CT molecular complexity index is 1390. The average Bonchev–Trinajstić information content (AvgIpc) is 3.05. The van der Waals surface area contributed by atoms with Crippen molar-refractivity contribution in [2.24, 2.45) is 5.73 Å². The number of hydrogen-bond acceptors (Lipinski definition) is 12. The Kier molecular flexibility index (Phi) is 12.4. The Morgan fingerprint density at radius 2 is 1.49 bits per heavy atom. The molecule has 0 unspecified atom stereocenters. The molecule has 13 nitrogen and oxygen atoms in total. The molecule has 0 radical (unpaired) electrons. The Balaban J connectivity index is 1.35. The highest BCUT2D eigenvalue weighted by Crippen LogP contribution is 2.18. The summed E-state index contributed by atoms with van der Waals surface area (Å²) >= 11 is 0. The van der Waals surface area contributed by atoms with Gasteiger partial charge >= 0.3 is 0 Å². The molecule has 226 valence electrons. The van der Waals surface area contributed by atoms with Crippen LogP contribution in [-0.4, -0.2) is 72.5 Å². The van der Waals surface area contributed by atoms with Crippen LogP contribution in [-0.2, 0) is 22.6 Å². The Labute approximate surface area is 250 Å². The van der Waals surface area contributed by atoms with Gasteiger partial charge in [0.15, 0.2) is 0 Å². The zero-order chi connectivity index (χ0) is 30.1. The number of anilines is 4. The first kappa shape index (κ1) is 31.1. The lowest BCUT2D eigenvalue weighted by atomic mass is 10.2. The summed E-state index contributed by atoms with van der Waals surface area (Å²) in [7, 11) is 1.63. The fourth-order valence-electron chi connectivity index (χ4n) is 3.76. The van der Waals surface area contributed by atoms with Crippen LogP contribution in [0.15, 0.2) is 72.9 Å². The molecule has 0 fully saturated rings. The molecule has 0 aliphatic carbocycles. The van der Waals surface area contributed by atoms with Crippen LogP contribution in [0.1, 0.15) is 21.6 Å². The van der Waals surface area contributed by atoms with Gasteiger partial charge in [-0.3, -0.25) is 9.78 Å². The van der Waals surface area contributed by atoms with Gasteiger partial charge in [0.25, 0.3) is 5.91 Å². The van der Waals surface area contributed by atoms with E-state index in [1.54, 1.807) is 37.6 Å². The number of aromatic nitrogens is 4. The van der Waals surface area contributed by atoms with Crippen molar-refractivity contribution >= 4 is 29.4 Å². The minimum Gasteiger partial charge on any atom is -0.497 e. The second kappa shape index (κ2) is 17.2. The van der Waals surface area contributed by atoms with E-state index in [4.69, 9.17) is 19.9 Å². The van der Waals surface area contributed by atoms with E-state index in [1.165, 1.54) is 0 Å². The van der Waals surface area contributed by atoms with Gasteiger partial charge in [0.1, 0.15) is 5.75 Å². The number of nitrogens with two attached hydrogens (primary N) is 1. The summed E-state index contributed by atoms with van der Waals surface area (Å²) in [5.41, 5.74) is 8.49. The number of amides is 1. The van der Waals surface area contributed by atoms with Crippen LogP contribution in [0.4, 0.5) is 23.5 Å². The van der Waals surface area contributed by atoms with Gasteiger partial charge in [0.05, 0.1) is 45.8 Å². The lowest BCUT2D eigenvalue weighted by Crippen LogP contribution is -2.27. The molecule has 43 heavy (non-hydrogen) atoms. The number of carbonyl (C=O) groups excluding carboxylic acids is 1. The lowest BCUT2D eigenvalue weighted by Gasteiger charge is -2.12. The number of nitrogens with zero attached hydrogens (tertiary/aromatic N) is 4. The molecule has 0 aliphatic rings. The molecular formula is C30H37N9O4. The summed E-state index contributed by atoms with van der Waals surface area (Å²) in [6.45, 7) is 3.64. The monoisotopic (exact) mass is 587 g/mol. The number of carbonyl (C=O) groups is 1. The number of nitrogens with one attached hydrogen (secondary N) is 4. The smallest absolute Gasteiger partial charge is 0.251 e. The van der Waals surface area contributed by atoms with Gasteiger partial charge in [0, 0.05) is 37.1 Å². The summed E-state index contributed by atoms with van der Waals surface area (Å²) in [5, 5.41) is 12.5. The van der Waals surface area contributed by atoms with Crippen molar-refractivity contribution in [2.45, 2.75) is 13.1 Å². The van der Waals surface area contributed by atoms with Crippen LogP contribution < -0.4 is 31.7 Å². The third-order valence-electron chi connectivity index (χ3n) is 5.97. The standard InChI is InChI=1S/C30H37N9O4/c1-41-26-11-5-22(6-12-26)20-34-28-37-29(35-21-25-4-2-3-14-32-25)39-30(38-28)36-24-9-7-23(8-10-24)27(40)33-15-17-43-19-18-42-16-13-31/h2-12,14H,13,15-21,31H2,1H3,(H,33,40)(H3,34,35,36,37,38,39). The Morgan fingerprint density at radius 1 is 0.791 bits per heavy atom. The first-order valence-electron chi connectivity index (χ1n) is 13.9. The van der Waals surface area contributed by atoms with Crippen molar-refractivity contribution in [1.82, 2.24) is 25.3 Å². The largest absolute Gasteiger partial charge is 0.497 e. The van der Waals surface area contributed by atoms with E-state index in [2.05, 4.69) is 41.2 Å². The highest BCUT2D eigenvalue weighted by molar-refractivity contribution is 5.94. The molecule has 4 aromatic rings. The quantitative estimate of drug-likeness (QED) is 0.108. The summed E-state index contributed by atoms with van der Waals surface area (Å²) in [6, 6.07) is 20.5. The third-order valence-corrected chi connectivity index (χ3v) is 5.97. The first-order valence-corrected chi connectivity index (χ1v) is 13.9. The maximum atomic E-state index is 12.5. The second-order valence-corrected chi connectivity index (χ2v) is 9.15. The minimum atomic E-state index is -0.194. The molecule has 6 N–H and O–H groups in total. The summed E-state index contributed by atoms with van der Waals surface area (Å²) in [4.78, 5) is 30.4. The highest BCUT2D eigenvalue weighted by Gasteiger charge is 2.10. The number of ether oxygens (including phenoxy) is 3. The molecular weight excluding hydrogens is 550 g/mol. The fourth-order valence-corrected chi connectivity index (χ4v) is 3.76. The second-order valence-electron chi connectivity index (χ2n) is 9.15. The maximum absolute atomic E-state index is 12.5. The molecule has 0 atom stereocenters. The van der Waals surface area contributed by atoms with Crippen LogP contribution in [0.5, 0.6) is 5.75 Å². The van der Waals surface area contributed by atoms with Crippen LogP contribution >= 0.6 is 0 Å². The SMILES string of the molecule is COc1ccc(CNc2nc(NCc3ccccn3)nc(Nc3ccc(C(=O)NCCOCCOCCN)cc3)n2)cc1. The molecule has 13 heteroatoms. The van der Waals surface area contributed by atoms with Crippen molar-refractivity contribution in [1.29, 1.82) is 0 Å². The number of pyridine rings is 1. The Morgan fingerprint density at radius 3 is 2.16 bits per heavy atom.